The number of amides is 3. The number of aromatic amines is 1. The lowest BCUT2D eigenvalue weighted by Crippen LogP contribution is -2.36. The van der Waals surface area contributed by atoms with Gasteiger partial charge in [0.25, 0.3) is 11.8 Å². The highest BCUT2D eigenvalue weighted by Gasteiger charge is 2.38. The standard InChI is InChI=1S/C20H20N6O3S/c1-30-11-7-14(18-24-12-4-2-3-5-13(12)25-18)23-15(27)6-10-26-19(28)16-17(20(26)29)22-9-8-21-16/h2-5,8-9,14H,6-7,10-11H2,1H3,(H,23,27)(H,24,25)/t14-/m0/s1. The van der Waals surface area contributed by atoms with E-state index >= 15 is 0 Å². The van der Waals surface area contributed by atoms with Gasteiger partial charge in [0.2, 0.25) is 5.91 Å². The number of hydrogen-bond donors (Lipinski definition) is 2. The highest BCUT2D eigenvalue weighted by molar-refractivity contribution is 7.98. The first-order valence-electron chi connectivity index (χ1n) is 9.48. The summed E-state index contributed by atoms with van der Waals surface area (Å²) in [5.74, 6) is 0.226. The van der Waals surface area contributed by atoms with Crippen molar-refractivity contribution in [2.45, 2.75) is 18.9 Å². The van der Waals surface area contributed by atoms with Crippen molar-refractivity contribution in [3.05, 3.63) is 53.9 Å². The fourth-order valence-electron chi connectivity index (χ4n) is 3.33. The third-order valence-corrected chi connectivity index (χ3v) is 5.48. The number of imidazole rings is 1. The molecule has 3 aromatic rings. The Hall–Kier alpha value is -3.27. The molecular formula is C20H20N6O3S. The molecule has 10 heteroatoms. The molecule has 0 unspecified atom stereocenters. The molecule has 154 valence electrons. The van der Waals surface area contributed by atoms with Crippen molar-refractivity contribution in [3.8, 4) is 0 Å². The number of hydrogen-bond acceptors (Lipinski definition) is 7. The maximum atomic E-state index is 12.6. The molecule has 0 fully saturated rings. The number of H-pyrrole nitrogens is 1. The van der Waals surface area contributed by atoms with Crippen LogP contribution in [0.25, 0.3) is 11.0 Å². The van der Waals surface area contributed by atoms with Crippen molar-refractivity contribution >= 4 is 40.5 Å². The molecule has 0 saturated heterocycles. The van der Waals surface area contributed by atoms with Gasteiger partial charge in [0.05, 0.1) is 17.1 Å². The van der Waals surface area contributed by atoms with Crippen LogP contribution in [-0.4, -0.2) is 61.1 Å². The number of imide groups is 1. The van der Waals surface area contributed by atoms with Crippen LogP contribution in [0.2, 0.25) is 0 Å². The van der Waals surface area contributed by atoms with Crippen molar-refractivity contribution < 1.29 is 14.4 Å². The Bertz CT molecular complexity index is 1050. The fourth-order valence-corrected chi connectivity index (χ4v) is 3.80. The zero-order valence-corrected chi connectivity index (χ0v) is 17.1. The van der Waals surface area contributed by atoms with E-state index in [1.54, 1.807) is 11.8 Å². The SMILES string of the molecule is CSCC[C@H](NC(=O)CCN1C(=O)c2nccnc2C1=O)c1nc2ccccc2[nH]1. The molecule has 3 amide bonds. The Kier molecular flexibility index (Phi) is 5.75. The van der Waals surface area contributed by atoms with Gasteiger partial charge in [-0.3, -0.25) is 19.3 Å². The molecule has 0 aliphatic carbocycles. The van der Waals surface area contributed by atoms with Crippen molar-refractivity contribution in [2.24, 2.45) is 0 Å². The maximum absolute atomic E-state index is 12.6. The average Bonchev–Trinajstić information content (AvgIpc) is 3.29. The molecule has 0 spiro atoms. The quantitative estimate of drug-likeness (QED) is 0.530. The fraction of sp³-hybridized carbons (Fsp3) is 0.300. The lowest BCUT2D eigenvalue weighted by Gasteiger charge is -2.18. The van der Waals surface area contributed by atoms with Gasteiger partial charge in [-0.05, 0) is 30.6 Å². The molecule has 0 bridgehead atoms. The molecule has 30 heavy (non-hydrogen) atoms. The molecule has 1 aliphatic rings. The van der Waals surface area contributed by atoms with Crippen LogP contribution in [-0.2, 0) is 4.79 Å². The second-order valence-electron chi connectivity index (χ2n) is 6.81. The minimum absolute atomic E-state index is 0.0124. The van der Waals surface area contributed by atoms with Crippen LogP contribution in [0.4, 0.5) is 0 Å². The van der Waals surface area contributed by atoms with Crippen LogP contribution < -0.4 is 5.32 Å². The van der Waals surface area contributed by atoms with E-state index in [0.717, 1.165) is 21.7 Å². The van der Waals surface area contributed by atoms with Crippen molar-refractivity contribution in [3.63, 3.8) is 0 Å². The third kappa shape index (κ3) is 3.90. The van der Waals surface area contributed by atoms with E-state index in [2.05, 4.69) is 25.3 Å². The molecule has 3 heterocycles. The van der Waals surface area contributed by atoms with E-state index in [1.807, 2.05) is 30.5 Å². The van der Waals surface area contributed by atoms with Crippen molar-refractivity contribution in [1.82, 2.24) is 30.2 Å². The molecular weight excluding hydrogens is 404 g/mol. The van der Waals surface area contributed by atoms with E-state index in [0.29, 0.717) is 12.2 Å². The third-order valence-electron chi connectivity index (χ3n) is 4.84. The van der Waals surface area contributed by atoms with Crippen LogP contribution in [0, 0.1) is 0 Å². The molecule has 1 aromatic carbocycles. The van der Waals surface area contributed by atoms with Crippen LogP contribution in [0.3, 0.4) is 0 Å². The molecule has 0 radical (unpaired) electrons. The van der Waals surface area contributed by atoms with Gasteiger partial charge in [0.15, 0.2) is 11.4 Å². The van der Waals surface area contributed by atoms with Gasteiger partial charge in [0.1, 0.15) is 5.82 Å². The summed E-state index contributed by atoms with van der Waals surface area (Å²) in [6, 6.07) is 7.39. The highest BCUT2D eigenvalue weighted by atomic mass is 32.2. The Morgan fingerprint density at radius 1 is 1.17 bits per heavy atom. The number of carbonyl (C=O) groups excluding carboxylic acids is 3. The molecule has 9 nitrogen and oxygen atoms in total. The van der Waals surface area contributed by atoms with Gasteiger partial charge in [-0.25, -0.2) is 15.0 Å². The van der Waals surface area contributed by atoms with Gasteiger partial charge in [-0.1, -0.05) is 12.1 Å². The second kappa shape index (κ2) is 8.62. The minimum Gasteiger partial charge on any atom is -0.346 e. The summed E-state index contributed by atoms with van der Waals surface area (Å²) in [5, 5.41) is 2.98. The number of benzene rings is 1. The van der Waals surface area contributed by atoms with Crippen LogP contribution in [0.5, 0.6) is 0 Å². The van der Waals surface area contributed by atoms with E-state index < -0.39 is 11.8 Å². The number of fused-ring (bicyclic) bond motifs is 2. The smallest absolute Gasteiger partial charge is 0.281 e. The summed E-state index contributed by atoms with van der Waals surface area (Å²) < 4.78 is 0. The Morgan fingerprint density at radius 2 is 1.87 bits per heavy atom. The largest absolute Gasteiger partial charge is 0.346 e. The predicted molar refractivity (Wildman–Crippen MR) is 112 cm³/mol. The van der Waals surface area contributed by atoms with Crippen LogP contribution >= 0.6 is 11.8 Å². The van der Waals surface area contributed by atoms with Gasteiger partial charge in [-0.2, -0.15) is 11.8 Å². The number of para-hydroxylation sites is 2. The van der Waals surface area contributed by atoms with E-state index in [4.69, 9.17) is 0 Å². The van der Waals surface area contributed by atoms with Crippen LogP contribution in [0.1, 0.15) is 45.7 Å². The van der Waals surface area contributed by atoms with Crippen molar-refractivity contribution in [1.29, 1.82) is 0 Å². The first-order chi connectivity index (χ1) is 14.6. The summed E-state index contributed by atoms with van der Waals surface area (Å²) >= 11 is 1.68. The summed E-state index contributed by atoms with van der Waals surface area (Å²) in [5.41, 5.74) is 1.80. The summed E-state index contributed by atoms with van der Waals surface area (Å²) in [6.07, 6.45) is 5.42. The summed E-state index contributed by atoms with van der Waals surface area (Å²) in [4.78, 5) is 54.0. The number of nitrogens with one attached hydrogen (secondary N) is 2. The minimum atomic E-state index is -0.521. The molecule has 4 rings (SSSR count). The van der Waals surface area contributed by atoms with E-state index in [1.165, 1.54) is 12.4 Å². The number of nitrogens with zero attached hydrogens (tertiary/aromatic N) is 4. The molecule has 0 saturated carbocycles. The summed E-state index contributed by atoms with van der Waals surface area (Å²) in [7, 11) is 0. The first kappa shape index (κ1) is 20.0. The Balaban J connectivity index is 1.42. The first-order valence-corrected chi connectivity index (χ1v) is 10.9. The van der Waals surface area contributed by atoms with Crippen LogP contribution in [0.15, 0.2) is 36.7 Å². The lowest BCUT2D eigenvalue weighted by molar-refractivity contribution is -0.122. The molecule has 2 aromatic heterocycles. The Labute approximate surface area is 176 Å². The number of aromatic nitrogens is 4. The van der Waals surface area contributed by atoms with Gasteiger partial charge in [0, 0.05) is 25.4 Å². The Morgan fingerprint density at radius 3 is 2.53 bits per heavy atom. The molecule has 1 aliphatic heterocycles. The predicted octanol–water partition coefficient (Wildman–Crippen LogP) is 1.95. The monoisotopic (exact) mass is 424 g/mol. The number of rotatable bonds is 8. The normalized spacial score (nSPS) is 14.2. The highest BCUT2D eigenvalue weighted by Crippen LogP contribution is 2.21. The molecule has 1 atom stereocenters. The lowest BCUT2D eigenvalue weighted by atomic mass is 10.2. The molecule has 2 N–H and O–H groups in total. The number of thioether (sulfide) groups is 1. The second-order valence-corrected chi connectivity index (χ2v) is 7.79. The van der Waals surface area contributed by atoms with Crippen molar-refractivity contribution in [2.75, 3.05) is 18.6 Å². The van der Waals surface area contributed by atoms with Gasteiger partial charge in [-0.15, -0.1) is 0 Å². The summed E-state index contributed by atoms with van der Waals surface area (Å²) in [6.45, 7) is -0.0308. The zero-order chi connectivity index (χ0) is 21.1. The average molecular weight is 424 g/mol. The maximum Gasteiger partial charge on any atom is 0.281 e. The topological polar surface area (TPSA) is 121 Å². The van der Waals surface area contributed by atoms with Gasteiger partial charge < -0.3 is 10.3 Å². The van der Waals surface area contributed by atoms with E-state index in [9.17, 15) is 14.4 Å². The number of carbonyl (C=O) groups is 3. The zero-order valence-electron chi connectivity index (χ0n) is 16.3. The van der Waals surface area contributed by atoms with Gasteiger partial charge >= 0.3 is 0 Å². The van der Waals surface area contributed by atoms with E-state index in [-0.39, 0.29) is 36.3 Å².